The molecular weight excluding hydrogens is 403 g/mol. The minimum Gasteiger partial charge on any atom is -0.366 e. The summed E-state index contributed by atoms with van der Waals surface area (Å²) in [5.74, 6) is 0.149. The van der Waals surface area contributed by atoms with Crippen molar-refractivity contribution in [3.63, 3.8) is 0 Å². The second-order valence-corrected chi connectivity index (χ2v) is 8.20. The van der Waals surface area contributed by atoms with Crippen molar-refractivity contribution in [3.05, 3.63) is 23.5 Å². The molecule has 0 unspecified atom stereocenters. The maximum absolute atomic E-state index is 12.9. The van der Waals surface area contributed by atoms with Crippen molar-refractivity contribution < 1.29 is 27.5 Å². The van der Waals surface area contributed by atoms with Crippen molar-refractivity contribution in [2.24, 2.45) is 5.92 Å². The summed E-state index contributed by atoms with van der Waals surface area (Å²) in [5, 5.41) is 2.90. The molecule has 0 saturated carbocycles. The van der Waals surface area contributed by atoms with Crippen LogP contribution in [0, 0.1) is 5.92 Å². The van der Waals surface area contributed by atoms with E-state index >= 15 is 0 Å². The number of nitrogens with zero attached hydrogens (tertiary/aromatic N) is 2. The molecular formula is C19H26F3N5O3. The number of amides is 3. The molecule has 4 rings (SSSR count). The molecule has 0 radical (unpaired) electrons. The van der Waals surface area contributed by atoms with Gasteiger partial charge in [0.1, 0.15) is 12.3 Å². The zero-order valence-corrected chi connectivity index (χ0v) is 16.5. The minimum atomic E-state index is -4.40. The lowest BCUT2D eigenvalue weighted by atomic mass is 9.92. The third kappa shape index (κ3) is 4.66. The Morgan fingerprint density at radius 1 is 1.10 bits per heavy atom. The number of nitrogens with one attached hydrogen (secondary N) is 3. The highest BCUT2D eigenvalue weighted by molar-refractivity contribution is 5.79. The van der Waals surface area contributed by atoms with Gasteiger partial charge in [0, 0.05) is 31.9 Å². The summed E-state index contributed by atoms with van der Waals surface area (Å²) in [5.41, 5.74) is 4.73. The molecule has 0 aromatic heterocycles. The van der Waals surface area contributed by atoms with Crippen LogP contribution in [0.2, 0.25) is 0 Å². The fraction of sp³-hybridized carbons (Fsp3) is 0.684. The number of morpholine rings is 1. The smallest absolute Gasteiger partial charge is 0.366 e. The van der Waals surface area contributed by atoms with Crippen LogP contribution in [0.5, 0.6) is 0 Å². The van der Waals surface area contributed by atoms with Crippen molar-refractivity contribution in [1.29, 1.82) is 0 Å². The first-order valence-corrected chi connectivity index (χ1v) is 10.2. The molecule has 3 fully saturated rings. The van der Waals surface area contributed by atoms with Crippen LogP contribution in [0.1, 0.15) is 25.7 Å². The van der Waals surface area contributed by atoms with Crippen molar-refractivity contribution in [2.75, 3.05) is 32.8 Å². The van der Waals surface area contributed by atoms with E-state index in [1.807, 2.05) is 4.90 Å². The molecule has 0 spiro atoms. The Morgan fingerprint density at radius 2 is 1.83 bits per heavy atom. The number of carbonyl (C=O) groups excluding carboxylic acids is 2. The molecule has 3 amide bonds. The molecule has 11 heteroatoms. The SMILES string of the molecule is O=C1CO[C@H]2CCN(C(=O)N3CCC(CC4=CC=C(C(F)(F)F)NN4)CC3)C[C@H]2N1. The number of likely N-dealkylation sites (tertiary alicyclic amines) is 2. The molecule has 4 aliphatic rings. The van der Waals surface area contributed by atoms with Crippen LogP contribution in [-0.2, 0) is 9.53 Å². The van der Waals surface area contributed by atoms with Gasteiger partial charge in [-0.05, 0) is 43.8 Å². The van der Waals surface area contributed by atoms with Gasteiger partial charge in [0.2, 0.25) is 5.91 Å². The van der Waals surface area contributed by atoms with Crippen LogP contribution in [0.15, 0.2) is 23.5 Å². The number of alkyl halides is 3. The zero-order valence-electron chi connectivity index (χ0n) is 16.5. The maximum atomic E-state index is 12.9. The fourth-order valence-electron chi connectivity index (χ4n) is 4.41. The second kappa shape index (κ2) is 8.37. The molecule has 2 atom stereocenters. The Kier molecular flexibility index (Phi) is 5.81. The Morgan fingerprint density at radius 3 is 2.50 bits per heavy atom. The van der Waals surface area contributed by atoms with E-state index in [1.165, 1.54) is 6.08 Å². The van der Waals surface area contributed by atoms with Gasteiger partial charge in [-0.1, -0.05) is 0 Å². The first kappa shape index (κ1) is 20.8. The van der Waals surface area contributed by atoms with Gasteiger partial charge >= 0.3 is 12.2 Å². The first-order chi connectivity index (χ1) is 14.3. The highest BCUT2D eigenvalue weighted by Crippen LogP contribution is 2.28. The number of urea groups is 1. The van der Waals surface area contributed by atoms with Crippen LogP contribution >= 0.6 is 0 Å². The molecule has 4 aliphatic heterocycles. The normalized spacial score (nSPS) is 27.9. The van der Waals surface area contributed by atoms with E-state index in [-0.39, 0.29) is 30.7 Å². The topological polar surface area (TPSA) is 85.9 Å². The van der Waals surface area contributed by atoms with E-state index in [0.717, 1.165) is 18.9 Å². The van der Waals surface area contributed by atoms with Gasteiger partial charge in [-0.2, -0.15) is 13.2 Å². The average Bonchev–Trinajstić information content (AvgIpc) is 2.73. The number of hydrazine groups is 1. The summed E-state index contributed by atoms with van der Waals surface area (Å²) < 4.78 is 43.5. The monoisotopic (exact) mass is 429 g/mol. The van der Waals surface area contributed by atoms with Gasteiger partial charge in [-0.25, -0.2) is 4.79 Å². The minimum absolute atomic E-state index is 0.0267. The van der Waals surface area contributed by atoms with Gasteiger partial charge in [0.05, 0.1) is 12.1 Å². The molecule has 0 aliphatic carbocycles. The van der Waals surface area contributed by atoms with Crippen LogP contribution < -0.4 is 16.2 Å². The Hall–Kier alpha value is -2.43. The molecule has 4 heterocycles. The lowest BCUT2D eigenvalue weighted by molar-refractivity contribution is -0.139. The van der Waals surface area contributed by atoms with E-state index in [9.17, 15) is 22.8 Å². The predicted octanol–water partition coefficient (Wildman–Crippen LogP) is 1.24. The number of allylic oxidation sites excluding steroid dienone is 4. The number of hydrogen-bond donors (Lipinski definition) is 3. The maximum Gasteiger partial charge on any atom is 0.432 e. The largest absolute Gasteiger partial charge is 0.432 e. The van der Waals surface area contributed by atoms with E-state index in [2.05, 4.69) is 16.2 Å². The molecule has 30 heavy (non-hydrogen) atoms. The van der Waals surface area contributed by atoms with E-state index in [1.54, 1.807) is 4.90 Å². The number of rotatable bonds is 2. The highest BCUT2D eigenvalue weighted by atomic mass is 19.4. The highest BCUT2D eigenvalue weighted by Gasteiger charge is 2.38. The third-order valence-electron chi connectivity index (χ3n) is 6.10. The van der Waals surface area contributed by atoms with Crippen molar-refractivity contribution in [2.45, 2.75) is 44.0 Å². The fourth-order valence-corrected chi connectivity index (χ4v) is 4.41. The van der Waals surface area contributed by atoms with Gasteiger partial charge in [0.15, 0.2) is 0 Å². The predicted molar refractivity (Wildman–Crippen MR) is 101 cm³/mol. The molecule has 3 saturated heterocycles. The van der Waals surface area contributed by atoms with E-state index in [4.69, 9.17) is 4.74 Å². The standard InChI is InChI=1S/C19H26F3N5O3/c20-19(21,22)16-2-1-13(24-25-16)9-12-3-6-26(7-4-12)18(29)27-8-5-15-14(10-27)23-17(28)11-30-15/h1-2,12,14-15,24-25H,3-11H2,(H,23,28)/t14-,15+/m1/s1. The van der Waals surface area contributed by atoms with E-state index < -0.39 is 11.9 Å². The Bertz CT molecular complexity index is 746. The number of halogens is 3. The lowest BCUT2D eigenvalue weighted by Crippen LogP contribution is -2.62. The van der Waals surface area contributed by atoms with Gasteiger partial charge in [-0.15, -0.1) is 0 Å². The third-order valence-corrected chi connectivity index (χ3v) is 6.10. The van der Waals surface area contributed by atoms with Crippen molar-refractivity contribution in [3.8, 4) is 0 Å². The van der Waals surface area contributed by atoms with E-state index in [0.29, 0.717) is 50.6 Å². The summed E-state index contributed by atoms with van der Waals surface area (Å²) in [7, 11) is 0. The van der Waals surface area contributed by atoms with Gasteiger partial charge in [0.25, 0.3) is 0 Å². The van der Waals surface area contributed by atoms with Crippen molar-refractivity contribution >= 4 is 11.9 Å². The lowest BCUT2D eigenvalue weighted by Gasteiger charge is -2.43. The molecule has 166 valence electrons. The number of carbonyl (C=O) groups is 2. The Balaban J connectivity index is 1.25. The summed E-state index contributed by atoms with van der Waals surface area (Å²) in [6, 6.07) is -0.186. The van der Waals surface area contributed by atoms with Crippen LogP contribution in [0.25, 0.3) is 0 Å². The summed E-state index contributed by atoms with van der Waals surface area (Å²) in [6.45, 7) is 2.36. The Labute approximate surface area is 172 Å². The van der Waals surface area contributed by atoms with Gasteiger partial charge in [-0.3, -0.25) is 10.2 Å². The molecule has 0 aromatic carbocycles. The summed E-state index contributed by atoms with van der Waals surface area (Å²) >= 11 is 0. The number of ether oxygens (including phenoxy) is 1. The number of fused-ring (bicyclic) bond motifs is 1. The van der Waals surface area contributed by atoms with Crippen LogP contribution in [-0.4, -0.2) is 72.8 Å². The van der Waals surface area contributed by atoms with Crippen LogP contribution in [0.3, 0.4) is 0 Å². The number of hydrogen-bond acceptors (Lipinski definition) is 5. The quantitative estimate of drug-likeness (QED) is 0.615. The summed E-state index contributed by atoms with van der Waals surface area (Å²) in [6.07, 6.45) is 0.988. The van der Waals surface area contributed by atoms with Crippen molar-refractivity contribution in [1.82, 2.24) is 26.0 Å². The molecule has 0 aromatic rings. The summed E-state index contributed by atoms with van der Waals surface area (Å²) in [4.78, 5) is 28.0. The second-order valence-electron chi connectivity index (χ2n) is 8.20. The average molecular weight is 429 g/mol. The molecule has 3 N–H and O–H groups in total. The number of piperidine rings is 2. The molecule has 0 bridgehead atoms. The molecule has 8 nitrogen and oxygen atoms in total. The zero-order chi connectivity index (χ0) is 21.3. The van der Waals surface area contributed by atoms with Crippen LogP contribution in [0.4, 0.5) is 18.0 Å². The first-order valence-electron chi connectivity index (χ1n) is 10.2. The van der Waals surface area contributed by atoms with Gasteiger partial charge < -0.3 is 25.3 Å².